The predicted molar refractivity (Wildman–Crippen MR) is 170 cm³/mol. The summed E-state index contributed by atoms with van der Waals surface area (Å²) in [7, 11) is 0. The number of likely N-dealkylation sites (tertiary alicyclic amines) is 1. The first-order chi connectivity index (χ1) is 20.3. The molecule has 0 saturated carbocycles. The van der Waals surface area contributed by atoms with Crippen LogP contribution in [0.15, 0.2) is 54.6 Å². The van der Waals surface area contributed by atoms with E-state index in [1.807, 2.05) is 63.2 Å². The number of nitrogens with zero attached hydrogens (tertiary/aromatic N) is 1. The molecule has 2 unspecified atom stereocenters. The first kappa shape index (κ1) is 31.4. The summed E-state index contributed by atoms with van der Waals surface area (Å²) in [5, 5.41) is 16.9. The van der Waals surface area contributed by atoms with Gasteiger partial charge in [-0.3, -0.25) is 14.4 Å². The number of rotatable bonds is 10. The minimum Gasteiger partial charge on any atom is -0.494 e. The van der Waals surface area contributed by atoms with Crippen molar-refractivity contribution in [2.45, 2.75) is 88.4 Å². The molecule has 3 aliphatic heterocycles. The summed E-state index contributed by atoms with van der Waals surface area (Å²) in [5.41, 5.74) is 0.849. The van der Waals surface area contributed by atoms with E-state index in [1.165, 1.54) is 0 Å². The van der Waals surface area contributed by atoms with Crippen LogP contribution in [0, 0.1) is 17.3 Å². The molecule has 8 nitrogen and oxygen atoms in total. The molecule has 3 fully saturated rings. The van der Waals surface area contributed by atoms with Crippen molar-refractivity contribution < 1.29 is 24.2 Å². The second-order valence-corrected chi connectivity index (χ2v) is 15.6. The highest BCUT2D eigenvalue weighted by Gasteiger charge is 2.74. The molecule has 5 rings (SSSR count). The number of hydrogen-bond acceptors (Lipinski definition) is 6. The van der Waals surface area contributed by atoms with Crippen LogP contribution in [0.3, 0.4) is 0 Å². The van der Waals surface area contributed by atoms with E-state index >= 15 is 0 Å². The van der Waals surface area contributed by atoms with Crippen LogP contribution in [-0.4, -0.2) is 62.5 Å². The lowest BCUT2D eigenvalue weighted by Crippen LogP contribution is -2.58. The van der Waals surface area contributed by atoms with Crippen LogP contribution in [0.25, 0.3) is 0 Å². The average molecular weight is 608 g/mol. The molecule has 232 valence electrons. The zero-order chi connectivity index (χ0) is 31.2. The maximum atomic E-state index is 14.6. The van der Waals surface area contributed by atoms with E-state index < -0.39 is 34.2 Å². The molecule has 1 spiro atoms. The van der Waals surface area contributed by atoms with Crippen molar-refractivity contribution in [2.24, 2.45) is 17.3 Å². The van der Waals surface area contributed by atoms with E-state index in [9.17, 15) is 19.5 Å². The van der Waals surface area contributed by atoms with Crippen molar-refractivity contribution in [3.05, 3.63) is 60.2 Å². The van der Waals surface area contributed by atoms with Crippen molar-refractivity contribution in [3.8, 4) is 5.75 Å². The van der Waals surface area contributed by atoms with E-state index in [0.29, 0.717) is 18.7 Å². The zero-order valence-corrected chi connectivity index (χ0v) is 26.9. The van der Waals surface area contributed by atoms with E-state index in [1.54, 1.807) is 28.8 Å². The third-order valence-electron chi connectivity index (χ3n) is 8.85. The topological polar surface area (TPSA) is 108 Å². The molecular weight excluding hydrogens is 562 g/mol. The number of ether oxygens (including phenoxy) is 1. The lowest BCUT2D eigenvalue weighted by atomic mass is 9.70. The summed E-state index contributed by atoms with van der Waals surface area (Å²) >= 11 is 1.63. The largest absolute Gasteiger partial charge is 0.494 e. The van der Waals surface area contributed by atoms with Gasteiger partial charge in [0.2, 0.25) is 17.7 Å². The number of benzene rings is 2. The minimum atomic E-state index is -0.820. The Morgan fingerprint density at radius 1 is 1.07 bits per heavy atom. The van der Waals surface area contributed by atoms with Gasteiger partial charge in [0, 0.05) is 16.5 Å². The molecular formula is C34H45N3O5S. The molecule has 3 amide bonds. The van der Waals surface area contributed by atoms with Gasteiger partial charge in [-0.05, 0) is 75.3 Å². The fourth-order valence-corrected chi connectivity index (χ4v) is 10.1. The van der Waals surface area contributed by atoms with E-state index in [2.05, 4.69) is 31.4 Å². The fourth-order valence-electron chi connectivity index (χ4n) is 7.85. The van der Waals surface area contributed by atoms with Crippen LogP contribution in [0.2, 0.25) is 0 Å². The summed E-state index contributed by atoms with van der Waals surface area (Å²) in [5.74, 6) is -1.21. The minimum absolute atomic E-state index is 0.0227. The summed E-state index contributed by atoms with van der Waals surface area (Å²) in [6.45, 7) is 12.6. The normalized spacial score (nSPS) is 27.1. The van der Waals surface area contributed by atoms with Gasteiger partial charge in [-0.25, -0.2) is 0 Å². The smallest absolute Gasteiger partial charge is 0.244 e. The van der Waals surface area contributed by atoms with Crippen molar-refractivity contribution >= 4 is 35.2 Å². The second-order valence-electron chi connectivity index (χ2n) is 14.0. The molecule has 3 N–H and O–H groups in total. The van der Waals surface area contributed by atoms with Crippen LogP contribution in [0.4, 0.5) is 5.69 Å². The number of anilines is 1. The quantitative estimate of drug-likeness (QED) is 0.344. The Bertz CT molecular complexity index is 1340. The molecule has 0 aliphatic carbocycles. The van der Waals surface area contributed by atoms with Gasteiger partial charge < -0.3 is 25.4 Å². The number of carbonyl (C=O) groups is 3. The van der Waals surface area contributed by atoms with Crippen LogP contribution in [0.5, 0.6) is 5.75 Å². The van der Waals surface area contributed by atoms with E-state index in [-0.39, 0.29) is 35.0 Å². The maximum absolute atomic E-state index is 14.6. The third-order valence-corrected chi connectivity index (χ3v) is 10.8. The number of carbonyl (C=O) groups excluding carboxylic acids is 3. The summed E-state index contributed by atoms with van der Waals surface area (Å²) < 4.78 is 4.77. The average Bonchev–Trinajstić information content (AvgIpc) is 3.57. The highest BCUT2D eigenvalue weighted by Crippen LogP contribution is 2.67. The van der Waals surface area contributed by atoms with Gasteiger partial charge in [0.15, 0.2) is 0 Å². The Morgan fingerprint density at radius 2 is 1.74 bits per heavy atom. The monoisotopic (exact) mass is 607 g/mol. The highest BCUT2D eigenvalue weighted by molar-refractivity contribution is 8.02. The number of nitrogens with one attached hydrogen (secondary N) is 2. The fraction of sp³-hybridized carbons (Fsp3) is 0.559. The lowest BCUT2D eigenvalue weighted by molar-refractivity contribution is -0.142. The molecule has 43 heavy (non-hydrogen) atoms. The summed E-state index contributed by atoms with van der Waals surface area (Å²) in [6, 6.07) is 15.1. The van der Waals surface area contributed by atoms with E-state index in [0.717, 1.165) is 24.2 Å². The van der Waals surface area contributed by atoms with Gasteiger partial charge >= 0.3 is 0 Å². The standard InChI is InChI=1S/C34H45N3O5S/c1-7-42-23-15-13-22(14-16-23)35-29(39)26-25-17-18-34(43-25)27(26)31(41)37(24(19-38)21-11-9-8-10-12-21)28(34)30(40)36-33(5,6)20-32(2,3)4/h8-16,24-28,38H,7,17-20H2,1-6H3,(H,35,39)(H,36,40)/t24-,25+,26-,27+,28?,34?/m1/s1. The van der Waals surface area contributed by atoms with Gasteiger partial charge in [-0.1, -0.05) is 51.1 Å². The van der Waals surface area contributed by atoms with Crippen LogP contribution in [-0.2, 0) is 14.4 Å². The Labute approximate surface area is 259 Å². The molecule has 0 aromatic heterocycles. The van der Waals surface area contributed by atoms with E-state index in [4.69, 9.17) is 4.74 Å². The Balaban J connectivity index is 1.50. The second kappa shape index (κ2) is 11.8. The highest BCUT2D eigenvalue weighted by atomic mass is 32.2. The van der Waals surface area contributed by atoms with Crippen LogP contribution >= 0.6 is 11.8 Å². The zero-order valence-electron chi connectivity index (χ0n) is 26.1. The molecule has 2 aromatic rings. The van der Waals surface area contributed by atoms with Crippen molar-refractivity contribution in [1.29, 1.82) is 0 Å². The number of aliphatic hydroxyl groups excluding tert-OH is 1. The third kappa shape index (κ3) is 6.03. The van der Waals surface area contributed by atoms with Crippen molar-refractivity contribution in [1.82, 2.24) is 10.2 Å². The lowest BCUT2D eigenvalue weighted by Gasteiger charge is -2.40. The molecule has 2 bridgehead atoms. The van der Waals surface area contributed by atoms with Gasteiger partial charge in [0.25, 0.3) is 0 Å². The molecule has 3 aliphatic rings. The number of hydrogen-bond donors (Lipinski definition) is 3. The number of amides is 3. The number of fused-ring (bicyclic) bond motifs is 1. The van der Waals surface area contributed by atoms with Gasteiger partial charge in [0.05, 0.1) is 35.8 Å². The van der Waals surface area contributed by atoms with Crippen LogP contribution < -0.4 is 15.4 Å². The summed E-state index contributed by atoms with van der Waals surface area (Å²) in [6.07, 6.45) is 2.15. The van der Waals surface area contributed by atoms with Gasteiger partial charge in [-0.2, -0.15) is 0 Å². The molecule has 6 atom stereocenters. The molecule has 0 radical (unpaired) electrons. The molecule has 3 saturated heterocycles. The Kier molecular flexibility index (Phi) is 8.62. The maximum Gasteiger partial charge on any atom is 0.244 e. The van der Waals surface area contributed by atoms with Crippen molar-refractivity contribution in [3.63, 3.8) is 0 Å². The number of aliphatic hydroxyl groups is 1. The van der Waals surface area contributed by atoms with Gasteiger partial charge in [0.1, 0.15) is 11.8 Å². The predicted octanol–water partition coefficient (Wildman–Crippen LogP) is 5.18. The Hall–Kier alpha value is -3.04. The van der Waals surface area contributed by atoms with Gasteiger partial charge in [-0.15, -0.1) is 11.8 Å². The first-order valence-electron chi connectivity index (χ1n) is 15.3. The Morgan fingerprint density at radius 3 is 2.35 bits per heavy atom. The van der Waals surface area contributed by atoms with Crippen molar-refractivity contribution in [2.75, 3.05) is 18.5 Å². The number of thioether (sulfide) groups is 1. The first-order valence-corrected chi connectivity index (χ1v) is 16.2. The summed E-state index contributed by atoms with van der Waals surface area (Å²) in [4.78, 5) is 44.5. The molecule has 9 heteroatoms. The SMILES string of the molecule is CCOc1ccc(NC(=O)[C@@H]2[C@@H]3CCC4(S3)C(C(=O)NC(C)(C)CC(C)(C)C)N([C@H](CO)c3ccccc3)C(=O)[C@H]24)cc1. The molecule has 2 aromatic carbocycles. The van der Waals surface area contributed by atoms with Crippen LogP contribution in [0.1, 0.15) is 72.4 Å². The molecule has 3 heterocycles.